The number of nitrogens with two attached hydrogens (primary N) is 2. The van der Waals surface area contributed by atoms with Crippen molar-refractivity contribution >= 4 is 11.6 Å². The van der Waals surface area contributed by atoms with Gasteiger partial charge in [-0.05, 0) is 36.3 Å². The molecule has 0 unspecified atom stereocenters. The Kier molecular flexibility index (Phi) is 10.9. The summed E-state index contributed by atoms with van der Waals surface area (Å²) in [6, 6.07) is 18.1. The van der Waals surface area contributed by atoms with E-state index in [-0.39, 0.29) is 0 Å². The third-order valence-corrected chi connectivity index (χ3v) is 2.20. The molecule has 19 heavy (non-hydrogen) atoms. The first kappa shape index (κ1) is 17.6. The molecule has 2 aromatic rings. The number of rotatable bonds is 1. The molecule has 0 aliphatic heterocycles. The molecule has 0 aliphatic rings. The molecule has 0 heterocycles. The number of benzene rings is 2. The fourth-order valence-corrected chi connectivity index (χ4v) is 1.40. The van der Waals surface area contributed by atoms with E-state index in [0.717, 1.165) is 18.1 Å². The van der Waals surface area contributed by atoms with Crippen molar-refractivity contribution in [1.82, 2.24) is 0 Å². The van der Waals surface area contributed by atoms with Gasteiger partial charge in [0.25, 0.3) is 0 Å². The summed E-state index contributed by atoms with van der Waals surface area (Å²) >= 11 is 5.80. The summed E-state index contributed by atoms with van der Waals surface area (Å²) in [5, 5.41) is 0.777. The monoisotopic (exact) mass is 278 g/mol. The Bertz CT molecular complexity index is 411. The van der Waals surface area contributed by atoms with Gasteiger partial charge in [-0.3, -0.25) is 0 Å². The van der Waals surface area contributed by atoms with Crippen molar-refractivity contribution in [1.29, 1.82) is 0 Å². The molecular formula is C16H23ClN2. The highest BCUT2D eigenvalue weighted by atomic mass is 35.5. The van der Waals surface area contributed by atoms with Crippen LogP contribution in [0, 0.1) is 0 Å². The van der Waals surface area contributed by atoms with E-state index in [1.165, 1.54) is 11.1 Å². The predicted molar refractivity (Wildman–Crippen MR) is 86.3 cm³/mol. The molecule has 2 nitrogen and oxygen atoms in total. The van der Waals surface area contributed by atoms with E-state index in [1.807, 2.05) is 56.3 Å². The van der Waals surface area contributed by atoms with E-state index in [4.69, 9.17) is 23.1 Å². The molecule has 0 spiro atoms. The van der Waals surface area contributed by atoms with Gasteiger partial charge in [-0.15, -0.1) is 0 Å². The smallest absolute Gasteiger partial charge is 0.0406 e. The third-order valence-electron chi connectivity index (χ3n) is 1.95. The van der Waals surface area contributed by atoms with Crippen molar-refractivity contribution in [3.8, 4) is 11.1 Å². The van der Waals surface area contributed by atoms with Gasteiger partial charge < -0.3 is 11.5 Å². The lowest BCUT2D eigenvalue weighted by atomic mass is 10.1. The average Bonchev–Trinajstić information content (AvgIpc) is 2.42. The van der Waals surface area contributed by atoms with Crippen molar-refractivity contribution in [2.75, 3.05) is 13.1 Å². The zero-order chi connectivity index (χ0) is 14.5. The molecule has 0 aromatic heterocycles. The second-order valence-corrected chi connectivity index (χ2v) is 4.13. The van der Waals surface area contributed by atoms with Crippen LogP contribution in [0.15, 0.2) is 54.6 Å². The van der Waals surface area contributed by atoms with Gasteiger partial charge in [-0.1, -0.05) is 67.9 Å². The minimum Gasteiger partial charge on any atom is -0.331 e. The second kappa shape index (κ2) is 11.7. The first-order valence-electron chi connectivity index (χ1n) is 6.40. The summed E-state index contributed by atoms with van der Waals surface area (Å²) in [6.07, 6.45) is 0. The van der Waals surface area contributed by atoms with Crippen molar-refractivity contribution in [3.05, 3.63) is 59.6 Å². The van der Waals surface area contributed by atoms with Crippen LogP contribution < -0.4 is 11.5 Å². The molecule has 104 valence electrons. The SMILES string of the molecule is CCN.CCN.Clc1ccc(-c2ccccc2)cc1. The third kappa shape index (κ3) is 8.38. The van der Waals surface area contributed by atoms with E-state index in [9.17, 15) is 0 Å². The van der Waals surface area contributed by atoms with E-state index >= 15 is 0 Å². The summed E-state index contributed by atoms with van der Waals surface area (Å²) in [7, 11) is 0. The zero-order valence-electron chi connectivity index (χ0n) is 11.6. The summed E-state index contributed by atoms with van der Waals surface area (Å²) in [5.41, 5.74) is 12.1. The van der Waals surface area contributed by atoms with Crippen molar-refractivity contribution in [3.63, 3.8) is 0 Å². The van der Waals surface area contributed by atoms with Gasteiger partial charge in [-0.25, -0.2) is 0 Å². The molecule has 3 heteroatoms. The van der Waals surface area contributed by atoms with Crippen LogP contribution in [0.4, 0.5) is 0 Å². The normalized spacial score (nSPS) is 8.68. The van der Waals surface area contributed by atoms with Crippen LogP contribution in [-0.2, 0) is 0 Å². The van der Waals surface area contributed by atoms with Crippen LogP contribution >= 0.6 is 11.6 Å². The van der Waals surface area contributed by atoms with Crippen molar-refractivity contribution in [2.45, 2.75) is 13.8 Å². The lowest BCUT2D eigenvalue weighted by molar-refractivity contribution is 1.14. The Hall–Kier alpha value is -1.35. The number of hydrogen-bond donors (Lipinski definition) is 2. The molecule has 0 fully saturated rings. The lowest BCUT2D eigenvalue weighted by Gasteiger charge is -2.00. The highest BCUT2D eigenvalue weighted by molar-refractivity contribution is 6.30. The van der Waals surface area contributed by atoms with E-state index in [2.05, 4.69) is 12.1 Å². The van der Waals surface area contributed by atoms with Gasteiger partial charge in [0.2, 0.25) is 0 Å². The Morgan fingerprint density at radius 3 is 1.53 bits per heavy atom. The highest BCUT2D eigenvalue weighted by Gasteiger charge is 1.94. The highest BCUT2D eigenvalue weighted by Crippen LogP contribution is 2.20. The quantitative estimate of drug-likeness (QED) is 0.830. The maximum Gasteiger partial charge on any atom is 0.0406 e. The molecule has 0 radical (unpaired) electrons. The molecule has 0 amide bonds. The maximum absolute atomic E-state index is 5.80. The summed E-state index contributed by atoms with van der Waals surface area (Å²) < 4.78 is 0. The van der Waals surface area contributed by atoms with Gasteiger partial charge >= 0.3 is 0 Å². The van der Waals surface area contributed by atoms with Gasteiger partial charge in [0, 0.05) is 5.02 Å². The van der Waals surface area contributed by atoms with E-state index in [1.54, 1.807) is 0 Å². The van der Waals surface area contributed by atoms with Crippen LogP contribution in [0.3, 0.4) is 0 Å². The van der Waals surface area contributed by atoms with E-state index < -0.39 is 0 Å². The fourth-order valence-electron chi connectivity index (χ4n) is 1.27. The largest absolute Gasteiger partial charge is 0.331 e. The second-order valence-electron chi connectivity index (χ2n) is 3.69. The first-order chi connectivity index (χ1) is 9.19. The molecule has 2 rings (SSSR count). The van der Waals surface area contributed by atoms with Crippen LogP contribution in [0.1, 0.15) is 13.8 Å². The van der Waals surface area contributed by atoms with Gasteiger partial charge in [0.05, 0.1) is 0 Å². The van der Waals surface area contributed by atoms with Crippen LogP contribution in [0.2, 0.25) is 5.02 Å². The Balaban J connectivity index is 0.000000465. The van der Waals surface area contributed by atoms with Gasteiger partial charge in [0.1, 0.15) is 0 Å². The van der Waals surface area contributed by atoms with Crippen LogP contribution in [0.25, 0.3) is 11.1 Å². The Morgan fingerprint density at radius 2 is 1.11 bits per heavy atom. The molecule has 2 aromatic carbocycles. The molecule has 0 aliphatic carbocycles. The minimum atomic E-state index is 0.750. The average molecular weight is 279 g/mol. The topological polar surface area (TPSA) is 52.0 Å². The fraction of sp³-hybridized carbons (Fsp3) is 0.250. The molecule has 0 atom stereocenters. The van der Waals surface area contributed by atoms with Crippen LogP contribution in [-0.4, -0.2) is 13.1 Å². The first-order valence-corrected chi connectivity index (χ1v) is 6.78. The number of halogens is 1. The molecule has 0 bridgehead atoms. The zero-order valence-corrected chi connectivity index (χ0v) is 12.4. The Morgan fingerprint density at radius 1 is 0.737 bits per heavy atom. The van der Waals surface area contributed by atoms with Crippen molar-refractivity contribution in [2.24, 2.45) is 11.5 Å². The standard InChI is InChI=1S/C12H9Cl.2C2H7N/c13-12-8-6-11(7-9-12)10-4-2-1-3-5-10;2*1-2-3/h1-9H;2*2-3H2,1H3. The van der Waals surface area contributed by atoms with Gasteiger partial charge in [0.15, 0.2) is 0 Å². The molecular weight excluding hydrogens is 256 g/mol. The molecule has 0 saturated carbocycles. The van der Waals surface area contributed by atoms with Gasteiger partial charge in [-0.2, -0.15) is 0 Å². The molecule has 0 saturated heterocycles. The van der Waals surface area contributed by atoms with E-state index in [0.29, 0.717) is 0 Å². The lowest BCUT2D eigenvalue weighted by Crippen LogP contribution is -1.87. The van der Waals surface area contributed by atoms with Crippen molar-refractivity contribution < 1.29 is 0 Å². The summed E-state index contributed by atoms with van der Waals surface area (Å²) in [5.74, 6) is 0. The summed E-state index contributed by atoms with van der Waals surface area (Å²) in [6.45, 7) is 5.31. The van der Waals surface area contributed by atoms with Crippen LogP contribution in [0.5, 0.6) is 0 Å². The predicted octanol–water partition coefficient (Wildman–Crippen LogP) is 3.94. The number of hydrogen-bond acceptors (Lipinski definition) is 2. The molecule has 4 N–H and O–H groups in total. The Labute approximate surface area is 121 Å². The summed E-state index contributed by atoms with van der Waals surface area (Å²) in [4.78, 5) is 0. The maximum atomic E-state index is 5.80. The minimum absolute atomic E-state index is 0.750.